The Morgan fingerprint density at radius 3 is 2.17 bits per heavy atom. The monoisotopic (exact) mass is 399 g/mol. The minimum absolute atomic E-state index is 0.00465. The first kappa shape index (κ1) is 20.0. The van der Waals surface area contributed by atoms with Crippen molar-refractivity contribution in [2.24, 2.45) is 0 Å². The van der Waals surface area contributed by atoms with Crippen molar-refractivity contribution in [3.63, 3.8) is 0 Å². The zero-order chi connectivity index (χ0) is 20.8. The Kier molecular flexibility index (Phi) is 6.32. The minimum Gasteiger partial charge on any atom is -0.396 e. The van der Waals surface area contributed by atoms with Crippen LogP contribution < -0.4 is 5.56 Å². The smallest absolute Gasteiger partial charge is 0.258 e. The molecule has 5 heteroatoms. The van der Waals surface area contributed by atoms with E-state index in [1.165, 1.54) is 11.1 Å². The summed E-state index contributed by atoms with van der Waals surface area (Å²) in [7, 11) is 0. The normalized spacial score (nSPS) is 11.4. The van der Waals surface area contributed by atoms with Gasteiger partial charge in [-0.05, 0) is 29.7 Å². The lowest BCUT2D eigenvalue weighted by Gasteiger charge is -2.32. The average molecular weight is 399 g/mol. The number of benzene rings is 2. The summed E-state index contributed by atoms with van der Waals surface area (Å²) in [4.78, 5) is 19.6. The van der Waals surface area contributed by atoms with E-state index in [4.69, 9.17) is 4.98 Å². The quantitative estimate of drug-likeness (QED) is 0.491. The zero-order valence-corrected chi connectivity index (χ0v) is 16.8. The van der Waals surface area contributed by atoms with E-state index in [1.54, 1.807) is 16.7 Å². The van der Waals surface area contributed by atoms with Crippen molar-refractivity contribution in [2.45, 2.75) is 19.0 Å². The molecule has 5 nitrogen and oxygen atoms in total. The molecule has 2 aromatic carbocycles. The standard InChI is InChI=1S/C25H25N3O2/c29-17-9-15-27(19-22-18-24(30)28-16-8-7-14-23(28)26-22)25(20-10-3-1-4-11-20)21-12-5-2-6-13-21/h1-8,10-14,16,18,25,29H,9,15,17,19H2. The summed E-state index contributed by atoms with van der Waals surface area (Å²) in [6.07, 6.45) is 2.37. The topological polar surface area (TPSA) is 57.8 Å². The molecule has 0 fully saturated rings. The Balaban J connectivity index is 1.75. The van der Waals surface area contributed by atoms with Crippen molar-refractivity contribution in [1.82, 2.24) is 14.3 Å². The second kappa shape index (κ2) is 9.48. The molecule has 2 heterocycles. The summed E-state index contributed by atoms with van der Waals surface area (Å²) in [6, 6.07) is 27.8. The number of nitrogens with zero attached hydrogens (tertiary/aromatic N) is 3. The van der Waals surface area contributed by atoms with Crippen molar-refractivity contribution in [1.29, 1.82) is 0 Å². The van der Waals surface area contributed by atoms with Crippen LogP contribution in [0.15, 0.2) is 95.9 Å². The number of aromatic nitrogens is 2. The maximum atomic E-state index is 12.6. The van der Waals surface area contributed by atoms with Crippen LogP contribution in [0.25, 0.3) is 5.65 Å². The van der Waals surface area contributed by atoms with Crippen molar-refractivity contribution in [3.05, 3.63) is 118 Å². The Morgan fingerprint density at radius 1 is 0.900 bits per heavy atom. The van der Waals surface area contributed by atoms with Crippen molar-refractivity contribution < 1.29 is 5.11 Å². The molecule has 0 aliphatic heterocycles. The number of aliphatic hydroxyl groups excluding tert-OH is 1. The lowest BCUT2D eigenvalue weighted by molar-refractivity contribution is 0.185. The van der Waals surface area contributed by atoms with Crippen LogP contribution in [0.1, 0.15) is 29.3 Å². The van der Waals surface area contributed by atoms with Gasteiger partial charge in [-0.25, -0.2) is 4.98 Å². The fourth-order valence-electron chi connectivity index (χ4n) is 3.85. The SMILES string of the molecule is O=c1cc(CN(CCCO)C(c2ccccc2)c2ccccc2)nc2ccccn12. The van der Waals surface area contributed by atoms with Crippen molar-refractivity contribution in [2.75, 3.05) is 13.2 Å². The number of aliphatic hydroxyl groups is 1. The first-order chi connectivity index (χ1) is 14.8. The Bertz CT molecular complexity index is 1100. The molecule has 0 amide bonds. The van der Waals surface area contributed by atoms with Crippen LogP contribution in [0, 0.1) is 0 Å². The Hall–Kier alpha value is -3.28. The highest BCUT2D eigenvalue weighted by Gasteiger charge is 2.23. The Morgan fingerprint density at radius 2 is 1.53 bits per heavy atom. The Labute approximate surface area is 175 Å². The third kappa shape index (κ3) is 4.48. The van der Waals surface area contributed by atoms with Gasteiger partial charge < -0.3 is 5.11 Å². The number of pyridine rings is 1. The van der Waals surface area contributed by atoms with Gasteiger partial charge in [-0.15, -0.1) is 0 Å². The number of hydrogen-bond donors (Lipinski definition) is 1. The van der Waals surface area contributed by atoms with E-state index in [0.29, 0.717) is 25.2 Å². The third-order valence-electron chi connectivity index (χ3n) is 5.19. The molecule has 0 spiro atoms. The highest BCUT2D eigenvalue weighted by Crippen LogP contribution is 2.30. The summed E-state index contributed by atoms with van der Waals surface area (Å²) in [5, 5.41) is 9.49. The number of hydrogen-bond acceptors (Lipinski definition) is 4. The second-order valence-corrected chi connectivity index (χ2v) is 7.29. The predicted octanol–water partition coefficient (Wildman–Crippen LogP) is 3.67. The van der Waals surface area contributed by atoms with E-state index in [-0.39, 0.29) is 18.2 Å². The van der Waals surface area contributed by atoms with Gasteiger partial charge in [0.25, 0.3) is 5.56 Å². The minimum atomic E-state index is -0.0892. The van der Waals surface area contributed by atoms with E-state index in [2.05, 4.69) is 29.2 Å². The summed E-state index contributed by atoms with van der Waals surface area (Å²) >= 11 is 0. The predicted molar refractivity (Wildman–Crippen MR) is 118 cm³/mol. The largest absolute Gasteiger partial charge is 0.396 e. The molecule has 0 saturated carbocycles. The van der Waals surface area contributed by atoms with E-state index < -0.39 is 0 Å². The van der Waals surface area contributed by atoms with Gasteiger partial charge >= 0.3 is 0 Å². The van der Waals surface area contributed by atoms with E-state index in [0.717, 1.165) is 5.69 Å². The van der Waals surface area contributed by atoms with Crippen LogP contribution >= 0.6 is 0 Å². The van der Waals surface area contributed by atoms with Gasteiger partial charge in [0.2, 0.25) is 0 Å². The van der Waals surface area contributed by atoms with Gasteiger partial charge in [-0.1, -0.05) is 66.7 Å². The van der Waals surface area contributed by atoms with Crippen LogP contribution in [-0.2, 0) is 6.54 Å². The number of fused-ring (bicyclic) bond motifs is 1. The fraction of sp³-hybridized carbons (Fsp3) is 0.200. The number of rotatable bonds is 8. The molecular weight excluding hydrogens is 374 g/mol. The van der Waals surface area contributed by atoms with Crippen LogP contribution in [0.4, 0.5) is 0 Å². The summed E-state index contributed by atoms with van der Waals surface area (Å²) < 4.78 is 1.55. The second-order valence-electron chi connectivity index (χ2n) is 7.29. The molecule has 0 unspecified atom stereocenters. The highest BCUT2D eigenvalue weighted by molar-refractivity contribution is 5.38. The summed E-state index contributed by atoms with van der Waals surface area (Å²) in [5.41, 5.74) is 3.60. The molecule has 4 aromatic rings. The molecular formula is C25H25N3O2. The lowest BCUT2D eigenvalue weighted by atomic mass is 9.96. The molecule has 0 aliphatic carbocycles. The van der Waals surface area contributed by atoms with Crippen LogP contribution in [-0.4, -0.2) is 32.5 Å². The van der Waals surface area contributed by atoms with E-state index in [9.17, 15) is 9.90 Å². The van der Waals surface area contributed by atoms with Crippen molar-refractivity contribution >= 4 is 5.65 Å². The average Bonchev–Trinajstić information content (AvgIpc) is 2.79. The van der Waals surface area contributed by atoms with Crippen molar-refractivity contribution in [3.8, 4) is 0 Å². The summed E-state index contributed by atoms with van der Waals surface area (Å²) in [6.45, 7) is 1.30. The molecule has 4 rings (SSSR count). The molecule has 0 atom stereocenters. The van der Waals surface area contributed by atoms with Gasteiger partial charge in [0.1, 0.15) is 5.65 Å². The maximum absolute atomic E-state index is 12.6. The molecule has 2 aromatic heterocycles. The van der Waals surface area contributed by atoms with Gasteiger partial charge in [-0.3, -0.25) is 14.1 Å². The maximum Gasteiger partial charge on any atom is 0.258 e. The van der Waals surface area contributed by atoms with Gasteiger partial charge in [-0.2, -0.15) is 0 Å². The molecule has 0 saturated heterocycles. The molecule has 0 radical (unpaired) electrons. The van der Waals surface area contributed by atoms with E-state index >= 15 is 0 Å². The van der Waals surface area contributed by atoms with Crippen LogP contribution in [0.3, 0.4) is 0 Å². The molecule has 1 N–H and O–H groups in total. The van der Waals surface area contributed by atoms with Crippen LogP contribution in [0.5, 0.6) is 0 Å². The molecule has 0 aliphatic rings. The van der Waals surface area contributed by atoms with Crippen LogP contribution in [0.2, 0.25) is 0 Å². The first-order valence-electron chi connectivity index (χ1n) is 10.2. The van der Waals surface area contributed by atoms with Gasteiger partial charge in [0.15, 0.2) is 0 Å². The fourth-order valence-corrected chi connectivity index (χ4v) is 3.85. The summed E-state index contributed by atoms with van der Waals surface area (Å²) in [5.74, 6) is 0. The van der Waals surface area contributed by atoms with E-state index in [1.807, 2.05) is 54.6 Å². The first-order valence-corrected chi connectivity index (χ1v) is 10.2. The third-order valence-corrected chi connectivity index (χ3v) is 5.19. The molecule has 30 heavy (non-hydrogen) atoms. The highest BCUT2D eigenvalue weighted by atomic mass is 16.3. The van der Waals surface area contributed by atoms with Gasteiger partial charge in [0, 0.05) is 32.0 Å². The molecule has 0 bridgehead atoms. The zero-order valence-electron chi connectivity index (χ0n) is 16.8. The van der Waals surface area contributed by atoms with Gasteiger partial charge in [0.05, 0.1) is 11.7 Å². The molecule has 152 valence electrons. The lowest BCUT2D eigenvalue weighted by Crippen LogP contribution is -2.32.